The van der Waals surface area contributed by atoms with Crippen molar-refractivity contribution in [3.63, 3.8) is 0 Å². The number of amides is 1. The summed E-state index contributed by atoms with van der Waals surface area (Å²) >= 11 is 1.33. The Morgan fingerprint density at radius 1 is 1.26 bits per heavy atom. The second kappa shape index (κ2) is 8.01. The lowest BCUT2D eigenvalue weighted by Crippen LogP contribution is -2.33. The zero-order chi connectivity index (χ0) is 16.1. The van der Waals surface area contributed by atoms with Crippen LogP contribution in [-0.2, 0) is 16.1 Å². The topological polar surface area (TPSA) is 80.2 Å². The first-order valence-electron chi connectivity index (χ1n) is 8.41. The normalized spacial score (nSPS) is 22.3. The smallest absolute Gasteiger partial charge is 0.344 e. The van der Waals surface area contributed by atoms with Crippen LogP contribution in [-0.4, -0.2) is 57.1 Å². The molecule has 2 aliphatic rings. The lowest BCUT2D eigenvalue weighted by atomic mass is 10.2. The molecule has 3 heterocycles. The third-order valence-electron chi connectivity index (χ3n) is 4.42. The van der Waals surface area contributed by atoms with Gasteiger partial charge in [0.25, 0.3) is 0 Å². The highest BCUT2D eigenvalue weighted by Gasteiger charge is 2.21. The molecule has 2 fully saturated rings. The molecule has 23 heavy (non-hydrogen) atoms. The Morgan fingerprint density at radius 2 is 2.04 bits per heavy atom. The van der Waals surface area contributed by atoms with E-state index < -0.39 is 0 Å². The molecule has 8 heteroatoms. The molecule has 3 rings (SSSR count). The summed E-state index contributed by atoms with van der Waals surface area (Å²) < 4.78 is 7.18. The fourth-order valence-electron chi connectivity index (χ4n) is 3.10. The van der Waals surface area contributed by atoms with Crippen LogP contribution in [0.15, 0.2) is 9.95 Å². The summed E-state index contributed by atoms with van der Waals surface area (Å²) in [5.41, 5.74) is -0.231. The molecule has 0 spiro atoms. The van der Waals surface area contributed by atoms with E-state index in [1.165, 1.54) is 24.6 Å². The van der Waals surface area contributed by atoms with Crippen molar-refractivity contribution in [2.24, 2.45) is 0 Å². The quantitative estimate of drug-likeness (QED) is 0.816. The summed E-state index contributed by atoms with van der Waals surface area (Å²) in [7, 11) is 0. The van der Waals surface area contributed by atoms with Crippen LogP contribution < -0.4 is 5.69 Å². The van der Waals surface area contributed by atoms with Crippen LogP contribution in [0.1, 0.15) is 38.5 Å². The summed E-state index contributed by atoms with van der Waals surface area (Å²) in [6, 6.07) is 0. The Morgan fingerprint density at radius 3 is 2.74 bits per heavy atom. The number of ether oxygens (including phenoxy) is 1. The van der Waals surface area contributed by atoms with E-state index in [2.05, 4.69) is 10.2 Å². The highest BCUT2D eigenvalue weighted by molar-refractivity contribution is 7.99. The largest absolute Gasteiger partial charge is 0.376 e. The minimum absolute atomic E-state index is 0.0750. The molecule has 1 unspecified atom stereocenters. The molecule has 0 bridgehead atoms. The van der Waals surface area contributed by atoms with E-state index in [1.807, 2.05) is 4.90 Å². The maximum atomic E-state index is 12.3. The molecule has 0 aliphatic carbocycles. The summed E-state index contributed by atoms with van der Waals surface area (Å²) in [6.07, 6.45) is 6.66. The van der Waals surface area contributed by atoms with Gasteiger partial charge in [0.1, 0.15) is 0 Å². The Bertz CT molecular complexity index is 572. The van der Waals surface area contributed by atoms with Crippen molar-refractivity contribution in [1.82, 2.24) is 19.7 Å². The Hall–Kier alpha value is -1.28. The number of likely N-dealkylation sites (tertiary alicyclic amines) is 1. The predicted molar refractivity (Wildman–Crippen MR) is 87.6 cm³/mol. The van der Waals surface area contributed by atoms with Crippen LogP contribution in [0.2, 0.25) is 0 Å². The average molecular weight is 340 g/mol. The number of nitrogens with zero attached hydrogens (tertiary/aromatic N) is 3. The van der Waals surface area contributed by atoms with E-state index in [1.54, 1.807) is 4.57 Å². The number of carbonyl (C=O) groups is 1. The van der Waals surface area contributed by atoms with E-state index >= 15 is 0 Å². The van der Waals surface area contributed by atoms with E-state index in [0.717, 1.165) is 45.4 Å². The van der Waals surface area contributed by atoms with Crippen LogP contribution in [0.3, 0.4) is 0 Å². The summed E-state index contributed by atoms with van der Waals surface area (Å²) in [5.74, 6) is 0.464. The van der Waals surface area contributed by atoms with Crippen molar-refractivity contribution in [2.45, 2.75) is 56.3 Å². The first kappa shape index (κ1) is 16.6. The van der Waals surface area contributed by atoms with Crippen molar-refractivity contribution < 1.29 is 9.53 Å². The zero-order valence-electron chi connectivity index (χ0n) is 13.3. The lowest BCUT2D eigenvalue weighted by molar-refractivity contribution is -0.128. The molecule has 128 valence electrons. The first-order chi connectivity index (χ1) is 11.2. The van der Waals surface area contributed by atoms with Gasteiger partial charge < -0.3 is 9.64 Å². The second-order valence-electron chi connectivity index (χ2n) is 6.14. The molecule has 2 saturated heterocycles. The standard InChI is InChI=1S/C15H24N4O3S/c20-13(18-7-3-1-2-4-8-18)11-23-15-17-16-14(21)19(15)10-12-6-5-9-22-12/h12H,1-11H2,(H,16,21). The molecular formula is C15H24N4O3S. The molecular weight excluding hydrogens is 316 g/mol. The Kier molecular flexibility index (Phi) is 5.77. The van der Waals surface area contributed by atoms with E-state index in [9.17, 15) is 9.59 Å². The van der Waals surface area contributed by atoms with Gasteiger partial charge >= 0.3 is 5.69 Å². The average Bonchev–Trinajstić information content (AvgIpc) is 3.08. The molecule has 7 nitrogen and oxygen atoms in total. The van der Waals surface area contributed by atoms with Crippen LogP contribution in [0.4, 0.5) is 0 Å². The SMILES string of the molecule is O=C(CSc1n[nH]c(=O)n1CC1CCCO1)N1CCCCCC1. The fourth-order valence-corrected chi connectivity index (χ4v) is 3.96. The van der Waals surface area contributed by atoms with Gasteiger partial charge in [-0.15, -0.1) is 5.10 Å². The first-order valence-corrected chi connectivity index (χ1v) is 9.40. The number of nitrogens with one attached hydrogen (secondary N) is 1. The predicted octanol–water partition coefficient (Wildman–Crippen LogP) is 1.25. The van der Waals surface area contributed by atoms with Gasteiger partial charge in [-0.25, -0.2) is 9.89 Å². The minimum atomic E-state index is -0.231. The third-order valence-corrected chi connectivity index (χ3v) is 5.38. The molecule has 1 amide bonds. The van der Waals surface area contributed by atoms with Crippen LogP contribution in [0.25, 0.3) is 0 Å². The number of rotatable bonds is 5. The number of aromatic nitrogens is 3. The summed E-state index contributed by atoms with van der Waals surface area (Å²) in [4.78, 5) is 26.2. The minimum Gasteiger partial charge on any atom is -0.376 e. The molecule has 2 aliphatic heterocycles. The summed E-state index contributed by atoms with van der Waals surface area (Å²) in [5, 5.41) is 7.11. The zero-order valence-corrected chi connectivity index (χ0v) is 14.1. The van der Waals surface area contributed by atoms with Crippen LogP contribution in [0, 0.1) is 0 Å². The van der Waals surface area contributed by atoms with Crippen molar-refractivity contribution in [1.29, 1.82) is 0 Å². The van der Waals surface area contributed by atoms with Crippen molar-refractivity contribution in [2.75, 3.05) is 25.4 Å². The monoisotopic (exact) mass is 340 g/mol. The highest BCUT2D eigenvalue weighted by atomic mass is 32.2. The van der Waals surface area contributed by atoms with Crippen molar-refractivity contribution >= 4 is 17.7 Å². The molecule has 0 radical (unpaired) electrons. The van der Waals surface area contributed by atoms with Gasteiger partial charge in [0.05, 0.1) is 18.4 Å². The maximum Gasteiger partial charge on any atom is 0.344 e. The molecule has 1 aromatic heterocycles. The number of H-pyrrole nitrogens is 1. The molecule has 0 aromatic carbocycles. The van der Waals surface area contributed by atoms with Crippen molar-refractivity contribution in [3.8, 4) is 0 Å². The van der Waals surface area contributed by atoms with E-state index in [0.29, 0.717) is 17.5 Å². The van der Waals surface area contributed by atoms with Gasteiger partial charge in [0.2, 0.25) is 5.91 Å². The van der Waals surface area contributed by atoms with Crippen LogP contribution in [0.5, 0.6) is 0 Å². The molecule has 1 atom stereocenters. The highest BCUT2D eigenvalue weighted by Crippen LogP contribution is 2.19. The van der Waals surface area contributed by atoms with Crippen molar-refractivity contribution in [3.05, 3.63) is 10.5 Å². The third kappa shape index (κ3) is 4.38. The second-order valence-corrected chi connectivity index (χ2v) is 7.08. The van der Waals surface area contributed by atoms with Crippen LogP contribution >= 0.6 is 11.8 Å². The van der Waals surface area contributed by atoms with Gasteiger partial charge in [-0.3, -0.25) is 9.36 Å². The Balaban J connectivity index is 1.57. The number of carbonyl (C=O) groups excluding carboxylic acids is 1. The number of aromatic amines is 1. The van der Waals surface area contributed by atoms with Gasteiger partial charge in [0, 0.05) is 19.7 Å². The summed E-state index contributed by atoms with van der Waals surface area (Å²) in [6.45, 7) is 2.97. The maximum absolute atomic E-state index is 12.3. The van der Waals surface area contributed by atoms with E-state index in [-0.39, 0.29) is 17.7 Å². The van der Waals surface area contributed by atoms with Gasteiger partial charge in [-0.05, 0) is 25.7 Å². The number of hydrogen-bond donors (Lipinski definition) is 1. The van der Waals surface area contributed by atoms with E-state index in [4.69, 9.17) is 4.74 Å². The van der Waals surface area contributed by atoms with Gasteiger partial charge in [-0.1, -0.05) is 24.6 Å². The molecule has 1 N–H and O–H groups in total. The fraction of sp³-hybridized carbons (Fsp3) is 0.800. The number of thioether (sulfide) groups is 1. The number of hydrogen-bond acceptors (Lipinski definition) is 5. The molecule has 0 saturated carbocycles. The Labute approximate surface area is 139 Å². The molecule has 1 aromatic rings. The van der Waals surface area contributed by atoms with Gasteiger partial charge in [0.15, 0.2) is 5.16 Å². The van der Waals surface area contributed by atoms with Gasteiger partial charge in [-0.2, -0.15) is 0 Å². The lowest BCUT2D eigenvalue weighted by Gasteiger charge is -2.19.